The molecule has 3 amide bonds. The largest absolute Gasteiger partial charge is 0.342 e. The standard InChI is InChI=1S/C29H34N4O3/c1-19(2)16-25(30-27(34)24-15-14-22-12-8-9-13-23(22)18-24)28(35)31-26(29(36)33-32-20(3)4)17-21-10-6-5-7-11-21/h5-15,18-19,25-26H,16-17H2,1-4H3,(H,30,34)(H,31,35)(H,33,36)/t25-,26-/m0/s1. The van der Waals surface area contributed by atoms with Crippen LogP contribution in [0.4, 0.5) is 0 Å². The van der Waals surface area contributed by atoms with Gasteiger partial charge in [-0.1, -0.05) is 74.5 Å². The van der Waals surface area contributed by atoms with Gasteiger partial charge in [-0.15, -0.1) is 0 Å². The lowest BCUT2D eigenvalue weighted by atomic mass is 10.0. The Balaban J connectivity index is 1.78. The monoisotopic (exact) mass is 486 g/mol. The topological polar surface area (TPSA) is 99.7 Å². The van der Waals surface area contributed by atoms with E-state index in [1.54, 1.807) is 19.9 Å². The van der Waals surface area contributed by atoms with Gasteiger partial charge < -0.3 is 10.6 Å². The normalized spacial score (nSPS) is 12.5. The molecule has 0 saturated heterocycles. The molecular weight excluding hydrogens is 452 g/mol. The number of nitrogens with zero attached hydrogens (tertiary/aromatic N) is 1. The first-order chi connectivity index (χ1) is 17.2. The number of fused-ring (bicyclic) bond motifs is 1. The third kappa shape index (κ3) is 7.77. The number of nitrogens with one attached hydrogen (secondary N) is 3. The molecule has 0 aliphatic carbocycles. The molecule has 0 heterocycles. The second kappa shape index (κ2) is 12.6. The summed E-state index contributed by atoms with van der Waals surface area (Å²) in [5.41, 5.74) is 4.58. The zero-order valence-electron chi connectivity index (χ0n) is 21.2. The molecule has 7 nitrogen and oxygen atoms in total. The summed E-state index contributed by atoms with van der Waals surface area (Å²) in [6.07, 6.45) is 0.723. The van der Waals surface area contributed by atoms with Crippen LogP contribution in [-0.4, -0.2) is 35.5 Å². The van der Waals surface area contributed by atoms with Gasteiger partial charge in [0, 0.05) is 17.7 Å². The maximum atomic E-state index is 13.4. The summed E-state index contributed by atoms with van der Waals surface area (Å²) >= 11 is 0. The van der Waals surface area contributed by atoms with Gasteiger partial charge in [0.15, 0.2) is 0 Å². The summed E-state index contributed by atoms with van der Waals surface area (Å²) in [6, 6.07) is 21.0. The Hall–Kier alpha value is -4.00. The quantitative estimate of drug-likeness (QED) is 0.295. The Morgan fingerprint density at radius 2 is 1.44 bits per heavy atom. The van der Waals surface area contributed by atoms with Gasteiger partial charge in [0.05, 0.1) is 0 Å². The van der Waals surface area contributed by atoms with E-state index in [9.17, 15) is 14.4 Å². The highest BCUT2D eigenvalue weighted by molar-refractivity contribution is 6.01. The van der Waals surface area contributed by atoms with Crippen LogP contribution in [0.25, 0.3) is 10.8 Å². The minimum atomic E-state index is -0.852. The fourth-order valence-electron chi connectivity index (χ4n) is 3.85. The number of carbonyl (C=O) groups is 3. The van der Waals surface area contributed by atoms with Gasteiger partial charge in [-0.25, -0.2) is 5.43 Å². The van der Waals surface area contributed by atoms with Crippen molar-refractivity contribution in [3.05, 3.63) is 83.9 Å². The van der Waals surface area contributed by atoms with Crippen molar-refractivity contribution in [3.8, 4) is 0 Å². The van der Waals surface area contributed by atoms with E-state index in [1.165, 1.54) is 0 Å². The Kier molecular flexibility index (Phi) is 9.33. The molecule has 3 aromatic carbocycles. The van der Waals surface area contributed by atoms with Crippen molar-refractivity contribution in [2.75, 3.05) is 0 Å². The molecule has 7 heteroatoms. The van der Waals surface area contributed by atoms with E-state index < -0.39 is 23.9 Å². The molecular formula is C29H34N4O3. The molecule has 0 fully saturated rings. The molecule has 3 aromatic rings. The highest BCUT2D eigenvalue weighted by atomic mass is 16.2. The zero-order chi connectivity index (χ0) is 26.1. The molecule has 0 radical (unpaired) electrons. The van der Waals surface area contributed by atoms with Crippen LogP contribution in [0, 0.1) is 5.92 Å². The van der Waals surface area contributed by atoms with Crippen molar-refractivity contribution >= 4 is 34.2 Å². The molecule has 0 aliphatic rings. The molecule has 0 aliphatic heterocycles. The molecule has 0 aromatic heterocycles. The zero-order valence-corrected chi connectivity index (χ0v) is 21.2. The summed E-state index contributed by atoms with van der Waals surface area (Å²) in [5.74, 6) is -1.02. The van der Waals surface area contributed by atoms with Crippen LogP contribution in [0.3, 0.4) is 0 Å². The van der Waals surface area contributed by atoms with Crippen LogP contribution >= 0.6 is 0 Å². The smallest absolute Gasteiger partial charge is 0.262 e. The van der Waals surface area contributed by atoms with Crippen LogP contribution in [-0.2, 0) is 16.0 Å². The molecule has 0 saturated carbocycles. The number of benzene rings is 3. The van der Waals surface area contributed by atoms with E-state index in [-0.39, 0.29) is 11.8 Å². The van der Waals surface area contributed by atoms with E-state index in [0.29, 0.717) is 24.1 Å². The Morgan fingerprint density at radius 1 is 0.778 bits per heavy atom. The minimum Gasteiger partial charge on any atom is -0.342 e. The molecule has 0 spiro atoms. The predicted molar refractivity (Wildman–Crippen MR) is 144 cm³/mol. The summed E-state index contributed by atoms with van der Waals surface area (Å²) in [5, 5.41) is 11.7. The second-order valence-electron chi connectivity index (χ2n) is 9.50. The summed E-state index contributed by atoms with van der Waals surface area (Å²) in [6.45, 7) is 7.50. The molecule has 2 atom stereocenters. The number of hydrogen-bond acceptors (Lipinski definition) is 4. The first kappa shape index (κ1) is 26.6. The Bertz CT molecular complexity index is 1230. The maximum absolute atomic E-state index is 13.4. The summed E-state index contributed by atoms with van der Waals surface area (Å²) in [4.78, 5) is 39.3. The van der Waals surface area contributed by atoms with Gasteiger partial charge in [-0.2, -0.15) is 5.10 Å². The maximum Gasteiger partial charge on any atom is 0.262 e. The molecule has 0 unspecified atom stereocenters. The first-order valence-corrected chi connectivity index (χ1v) is 12.2. The van der Waals surface area contributed by atoms with Gasteiger partial charge in [-0.05, 0) is 54.7 Å². The molecule has 188 valence electrons. The predicted octanol–water partition coefficient (Wildman–Crippen LogP) is 4.22. The van der Waals surface area contributed by atoms with Crippen molar-refractivity contribution in [1.29, 1.82) is 0 Å². The SMILES string of the molecule is CC(C)=NNC(=O)[C@H](Cc1ccccc1)NC(=O)[C@H](CC(C)C)NC(=O)c1ccc2ccccc2c1. The van der Waals surface area contributed by atoms with Crippen LogP contribution in [0.2, 0.25) is 0 Å². The summed E-state index contributed by atoms with van der Waals surface area (Å²) in [7, 11) is 0. The van der Waals surface area contributed by atoms with Crippen LogP contribution in [0.15, 0.2) is 77.9 Å². The third-order valence-corrected chi connectivity index (χ3v) is 5.65. The van der Waals surface area contributed by atoms with Gasteiger partial charge in [0.2, 0.25) is 5.91 Å². The molecule has 3 N–H and O–H groups in total. The van der Waals surface area contributed by atoms with E-state index in [4.69, 9.17) is 0 Å². The van der Waals surface area contributed by atoms with Gasteiger partial charge in [-0.3, -0.25) is 14.4 Å². The van der Waals surface area contributed by atoms with Crippen molar-refractivity contribution in [3.63, 3.8) is 0 Å². The average Bonchev–Trinajstić information content (AvgIpc) is 2.86. The van der Waals surface area contributed by atoms with Gasteiger partial charge >= 0.3 is 0 Å². The van der Waals surface area contributed by atoms with Gasteiger partial charge in [0.1, 0.15) is 12.1 Å². The van der Waals surface area contributed by atoms with E-state index in [0.717, 1.165) is 16.3 Å². The lowest BCUT2D eigenvalue weighted by molar-refractivity contribution is -0.130. The second-order valence-corrected chi connectivity index (χ2v) is 9.50. The number of carbonyl (C=O) groups excluding carboxylic acids is 3. The number of hydrazone groups is 1. The fraction of sp³-hybridized carbons (Fsp3) is 0.310. The lowest BCUT2D eigenvalue weighted by Crippen LogP contribution is -2.54. The number of amides is 3. The molecule has 0 bridgehead atoms. The van der Waals surface area contributed by atoms with Crippen LogP contribution < -0.4 is 16.1 Å². The Labute approximate surface area is 212 Å². The first-order valence-electron chi connectivity index (χ1n) is 12.2. The van der Waals surface area contributed by atoms with E-state index in [2.05, 4.69) is 21.2 Å². The third-order valence-electron chi connectivity index (χ3n) is 5.65. The van der Waals surface area contributed by atoms with Crippen molar-refractivity contribution in [2.45, 2.75) is 52.6 Å². The minimum absolute atomic E-state index is 0.145. The summed E-state index contributed by atoms with van der Waals surface area (Å²) < 4.78 is 0. The molecule has 36 heavy (non-hydrogen) atoms. The van der Waals surface area contributed by atoms with E-state index >= 15 is 0 Å². The van der Waals surface area contributed by atoms with Gasteiger partial charge in [0.25, 0.3) is 11.8 Å². The molecule has 3 rings (SSSR count). The van der Waals surface area contributed by atoms with Crippen molar-refractivity contribution in [1.82, 2.24) is 16.1 Å². The lowest BCUT2D eigenvalue weighted by Gasteiger charge is -2.24. The Morgan fingerprint density at radius 3 is 2.11 bits per heavy atom. The number of hydrogen-bond donors (Lipinski definition) is 3. The fourth-order valence-corrected chi connectivity index (χ4v) is 3.85. The van der Waals surface area contributed by atoms with Crippen molar-refractivity contribution < 1.29 is 14.4 Å². The highest BCUT2D eigenvalue weighted by Crippen LogP contribution is 2.16. The van der Waals surface area contributed by atoms with Crippen molar-refractivity contribution in [2.24, 2.45) is 11.0 Å². The van der Waals surface area contributed by atoms with Crippen LogP contribution in [0.5, 0.6) is 0 Å². The van der Waals surface area contributed by atoms with Crippen LogP contribution in [0.1, 0.15) is 50.0 Å². The highest BCUT2D eigenvalue weighted by Gasteiger charge is 2.28. The van der Waals surface area contributed by atoms with E-state index in [1.807, 2.05) is 80.6 Å². The number of rotatable bonds is 10. The average molecular weight is 487 g/mol.